The van der Waals surface area contributed by atoms with Crippen molar-refractivity contribution < 1.29 is 9.21 Å². The highest BCUT2D eigenvalue weighted by Gasteiger charge is 2.16. The molecule has 140 valence electrons. The van der Waals surface area contributed by atoms with Crippen molar-refractivity contribution in [3.63, 3.8) is 0 Å². The molecule has 0 aliphatic carbocycles. The number of para-hydroxylation sites is 1. The predicted molar refractivity (Wildman–Crippen MR) is 113 cm³/mol. The summed E-state index contributed by atoms with van der Waals surface area (Å²) in [6, 6.07) is 16.8. The fraction of sp³-hybridized carbons (Fsp3) is 0. The zero-order valence-corrected chi connectivity index (χ0v) is 15.9. The normalized spacial score (nSPS) is 10.9. The van der Waals surface area contributed by atoms with E-state index in [1.165, 1.54) is 11.3 Å². The minimum atomic E-state index is -0.242. The Labute approximate surface area is 169 Å². The van der Waals surface area contributed by atoms with Crippen LogP contribution in [0.5, 0.6) is 0 Å². The molecule has 0 radical (unpaired) electrons. The van der Waals surface area contributed by atoms with Crippen LogP contribution in [0.1, 0.15) is 10.4 Å². The summed E-state index contributed by atoms with van der Waals surface area (Å²) in [4.78, 5) is 26.4. The summed E-state index contributed by atoms with van der Waals surface area (Å²) in [5.41, 5.74) is 3.50. The maximum Gasteiger partial charge on any atom is 0.258 e. The molecule has 0 aliphatic heterocycles. The van der Waals surface area contributed by atoms with Gasteiger partial charge in [-0.3, -0.25) is 15.1 Å². The van der Waals surface area contributed by atoms with Crippen LogP contribution in [0.4, 0.5) is 5.13 Å². The summed E-state index contributed by atoms with van der Waals surface area (Å²) in [6.07, 6.45) is 5.03. The Balaban J connectivity index is 1.52. The zero-order chi connectivity index (χ0) is 19.6. The second kappa shape index (κ2) is 7.29. The van der Waals surface area contributed by atoms with E-state index in [1.54, 1.807) is 30.8 Å². The fourth-order valence-electron chi connectivity index (χ4n) is 3.06. The maximum absolute atomic E-state index is 13.1. The van der Waals surface area contributed by atoms with Crippen molar-refractivity contribution in [3.8, 4) is 22.7 Å². The smallest absolute Gasteiger partial charge is 0.258 e. The average molecular weight is 398 g/mol. The van der Waals surface area contributed by atoms with Crippen molar-refractivity contribution >= 4 is 33.3 Å². The first kappa shape index (κ1) is 17.3. The lowest BCUT2D eigenvalue weighted by molar-refractivity contribution is 0.102. The van der Waals surface area contributed by atoms with Gasteiger partial charge in [0.25, 0.3) is 5.91 Å². The molecular formula is C22H14N4O2S. The van der Waals surface area contributed by atoms with E-state index in [9.17, 15) is 4.79 Å². The van der Waals surface area contributed by atoms with E-state index >= 15 is 0 Å². The molecule has 0 spiro atoms. The molecule has 29 heavy (non-hydrogen) atoms. The van der Waals surface area contributed by atoms with Crippen LogP contribution in [0, 0.1) is 0 Å². The summed E-state index contributed by atoms with van der Waals surface area (Å²) in [5, 5.41) is 6.03. The Morgan fingerprint density at radius 2 is 1.93 bits per heavy atom. The molecule has 4 heterocycles. The van der Waals surface area contributed by atoms with Crippen LogP contribution < -0.4 is 5.32 Å². The van der Waals surface area contributed by atoms with E-state index in [1.807, 2.05) is 47.8 Å². The van der Waals surface area contributed by atoms with Gasteiger partial charge in [0.2, 0.25) is 0 Å². The summed E-state index contributed by atoms with van der Waals surface area (Å²) in [7, 11) is 0. The lowest BCUT2D eigenvalue weighted by atomic mass is 10.0. The lowest BCUT2D eigenvalue weighted by Crippen LogP contribution is -2.13. The van der Waals surface area contributed by atoms with Gasteiger partial charge in [-0.05, 0) is 36.4 Å². The Hall–Kier alpha value is -3.84. The molecule has 6 nitrogen and oxygen atoms in total. The molecule has 0 saturated heterocycles. The molecule has 1 aromatic carbocycles. The van der Waals surface area contributed by atoms with Gasteiger partial charge < -0.3 is 4.42 Å². The second-order valence-corrected chi connectivity index (χ2v) is 7.14. The molecule has 0 saturated carbocycles. The number of amides is 1. The van der Waals surface area contributed by atoms with E-state index in [4.69, 9.17) is 4.42 Å². The SMILES string of the molecule is O=C(Nc1nc(-c2ccco2)cs1)c1cc(-c2cccnc2)nc2ccccc12. The number of aromatic nitrogens is 3. The van der Waals surface area contributed by atoms with Gasteiger partial charge in [-0.2, -0.15) is 0 Å². The number of nitrogens with one attached hydrogen (secondary N) is 1. The predicted octanol–water partition coefficient (Wildman–Crippen LogP) is 5.27. The number of pyridine rings is 2. The van der Waals surface area contributed by atoms with Gasteiger partial charge in [-0.15, -0.1) is 11.3 Å². The third-order valence-corrected chi connectivity index (χ3v) is 5.17. The molecule has 1 amide bonds. The minimum Gasteiger partial charge on any atom is -0.463 e. The van der Waals surface area contributed by atoms with Gasteiger partial charge in [-0.1, -0.05) is 18.2 Å². The minimum absolute atomic E-state index is 0.242. The lowest BCUT2D eigenvalue weighted by Gasteiger charge is -2.09. The van der Waals surface area contributed by atoms with Gasteiger partial charge in [0.1, 0.15) is 5.69 Å². The molecule has 5 rings (SSSR count). The summed E-state index contributed by atoms with van der Waals surface area (Å²) in [5.74, 6) is 0.420. The van der Waals surface area contributed by atoms with Crippen LogP contribution >= 0.6 is 11.3 Å². The van der Waals surface area contributed by atoms with Crippen LogP contribution in [-0.4, -0.2) is 20.9 Å². The molecule has 5 aromatic rings. The number of thiazole rings is 1. The van der Waals surface area contributed by atoms with Crippen molar-refractivity contribution in [1.82, 2.24) is 15.0 Å². The first-order valence-corrected chi connectivity index (χ1v) is 9.77. The van der Waals surface area contributed by atoms with Crippen molar-refractivity contribution in [1.29, 1.82) is 0 Å². The first-order valence-electron chi connectivity index (χ1n) is 8.89. The van der Waals surface area contributed by atoms with E-state index in [2.05, 4.69) is 20.3 Å². The average Bonchev–Trinajstić information content (AvgIpc) is 3.45. The standard InChI is InChI=1S/C22H14N4O2S/c27-21(26-22-25-19(13-29-22)20-8-4-10-28-20)16-11-18(14-5-3-9-23-12-14)24-17-7-2-1-6-15(16)17/h1-13H,(H,25,26,27). The summed E-state index contributed by atoms with van der Waals surface area (Å²) in [6.45, 7) is 0. The Bertz CT molecular complexity index is 1300. The van der Waals surface area contributed by atoms with Crippen LogP contribution in [0.2, 0.25) is 0 Å². The summed E-state index contributed by atoms with van der Waals surface area (Å²) >= 11 is 1.35. The van der Waals surface area contributed by atoms with Crippen LogP contribution in [0.25, 0.3) is 33.6 Å². The van der Waals surface area contributed by atoms with Gasteiger partial charge in [-0.25, -0.2) is 9.97 Å². The van der Waals surface area contributed by atoms with Crippen molar-refractivity contribution in [2.75, 3.05) is 5.32 Å². The Morgan fingerprint density at radius 3 is 2.76 bits per heavy atom. The number of anilines is 1. The van der Waals surface area contributed by atoms with Crippen molar-refractivity contribution in [3.05, 3.63) is 84.2 Å². The monoisotopic (exact) mass is 398 g/mol. The third-order valence-electron chi connectivity index (χ3n) is 4.42. The molecule has 7 heteroatoms. The number of fused-ring (bicyclic) bond motifs is 1. The second-order valence-electron chi connectivity index (χ2n) is 6.28. The molecule has 1 N–H and O–H groups in total. The maximum atomic E-state index is 13.1. The fourth-order valence-corrected chi connectivity index (χ4v) is 3.75. The summed E-state index contributed by atoms with van der Waals surface area (Å²) < 4.78 is 5.36. The van der Waals surface area contributed by atoms with Crippen LogP contribution in [0.15, 0.2) is 83.1 Å². The van der Waals surface area contributed by atoms with Gasteiger partial charge in [0, 0.05) is 28.7 Å². The largest absolute Gasteiger partial charge is 0.463 e. The zero-order valence-electron chi connectivity index (χ0n) is 15.1. The highest BCUT2D eigenvalue weighted by Crippen LogP contribution is 2.28. The van der Waals surface area contributed by atoms with Crippen molar-refractivity contribution in [2.24, 2.45) is 0 Å². The first-order chi connectivity index (χ1) is 14.3. The van der Waals surface area contributed by atoms with Crippen LogP contribution in [0.3, 0.4) is 0 Å². The third kappa shape index (κ3) is 3.39. The topological polar surface area (TPSA) is 80.9 Å². The highest BCUT2D eigenvalue weighted by atomic mass is 32.1. The number of rotatable bonds is 4. The Morgan fingerprint density at radius 1 is 1.00 bits per heavy atom. The number of benzene rings is 1. The van der Waals surface area contributed by atoms with Gasteiger partial charge in [0.05, 0.1) is 23.0 Å². The molecular weight excluding hydrogens is 384 g/mol. The Kier molecular flexibility index (Phi) is 4.34. The highest BCUT2D eigenvalue weighted by molar-refractivity contribution is 7.14. The molecule has 0 aliphatic rings. The van der Waals surface area contributed by atoms with E-state index in [0.717, 1.165) is 16.5 Å². The van der Waals surface area contributed by atoms with Gasteiger partial charge >= 0.3 is 0 Å². The number of hydrogen-bond acceptors (Lipinski definition) is 6. The molecule has 0 fully saturated rings. The van der Waals surface area contributed by atoms with E-state index in [-0.39, 0.29) is 5.91 Å². The molecule has 0 atom stereocenters. The van der Waals surface area contributed by atoms with Crippen molar-refractivity contribution in [2.45, 2.75) is 0 Å². The van der Waals surface area contributed by atoms with E-state index in [0.29, 0.717) is 27.8 Å². The number of carbonyl (C=O) groups is 1. The number of furan rings is 1. The molecule has 0 bridgehead atoms. The van der Waals surface area contributed by atoms with Crippen LogP contribution in [-0.2, 0) is 0 Å². The number of hydrogen-bond donors (Lipinski definition) is 1. The van der Waals surface area contributed by atoms with E-state index < -0.39 is 0 Å². The quantitative estimate of drug-likeness (QED) is 0.446. The molecule has 0 unspecified atom stereocenters. The molecule has 4 aromatic heterocycles. The number of nitrogens with zero attached hydrogens (tertiary/aromatic N) is 3. The number of carbonyl (C=O) groups excluding carboxylic acids is 1. The van der Waals surface area contributed by atoms with Gasteiger partial charge in [0.15, 0.2) is 10.9 Å².